The van der Waals surface area contributed by atoms with Crippen LogP contribution in [0.15, 0.2) is 121 Å². The van der Waals surface area contributed by atoms with E-state index in [1.807, 2.05) is 0 Å². The highest BCUT2D eigenvalue weighted by molar-refractivity contribution is 5.23. The van der Waals surface area contributed by atoms with Crippen LogP contribution in [0.25, 0.3) is 0 Å². The number of hydrogen-bond donors (Lipinski definition) is 0. The van der Waals surface area contributed by atoms with Crippen molar-refractivity contribution in [1.29, 1.82) is 0 Å². The quantitative estimate of drug-likeness (QED) is 0.143. The Morgan fingerprint density at radius 3 is 0.857 bits per heavy atom. The molecule has 0 spiro atoms. The molecule has 0 amide bonds. The van der Waals surface area contributed by atoms with Crippen molar-refractivity contribution in [3.8, 4) is 11.8 Å². The Balaban J connectivity index is 1.69. The largest absolute Gasteiger partial charge is 0.281 e. The summed E-state index contributed by atoms with van der Waals surface area (Å²) in [6, 6.07) is 43.7. The van der Waals surface area contributed by atoms with Crippen LogP contribution in [0.2, 0.25) is 0 Å². The lowest BCUT2D eigenvalue weighted by Crippen LogP contribution is -2.37. The van der Waals surface area contributed by atoms with Crippen molar-refractivity contribution in [2.45, 2.75) is 78.8 Å². The van der Waals surface area contributed by atoms with Crippen LogP contribution >= 0.6 is 0 Å². The average Bonchev–Trinajstić information content (AvgIpc) is 3.00. The average molecular weight is 557 g/mol. The third kappa shape index (κ3) is 10.6. The second-order valence-electron chi connectivity index (χ2n) is 12.3. The van der Waals surface area contributed by atoms with Gasteiger partial charge in [0, 0.05) is 26.2 Å². The van der Waals surface area contributed by atoms with Crippen LogP contribution in [0.1, 0.15) is 62.8 Å². The van der Waals surface area contributed by atoms with Gasteiger partial charge in [-0.2, -0.15) is 0 Å². The smallest absolute Gasteiger partial charge is 0.0723 e. The van der Waals surface area contributed by atoms with Crippen LogP contribution in [-0.2, 0) is 26.2 Å². The van der Waals surface area contributed by atoms with E-state index in [1.165, 1.54) is 22.3 Å². The summed E-state index contributed by atoms with van der Waals surface area (Å²) >= 11 is 0. The van der Waals surface area contributed by atoms with E-state index in [0.717, 1.165) is 39.0 Å². The third-order valence-electron chi connectivity index (χ3n) is 7.60. The molecule has 0 heterocycles. The summed E-state index contributed by atoms with van der Waals surface area (Å²) in [5.41, 5.74) is 5.32. The van der Waals surface area contributed by atoms with Crippen molar-refractivity contribution in [1.82, 2.24) is 9.80 Å². The maximum absolute atomic E-state index is 3.88. The summed E-state index contributed by atoms with van der Waals surface area (Å²) in [5, 5.41) is 0. The molecule has 0 N–H and O–H groups in total. The van der Waals surface area contributed by atoms with Gasteiger partial charge < -0.3 is 0 Å². The van der Waals surface area contributed by atoms with Gasteiger partial charge in [0.2, 0.25) is 0 Å². The van der Waals surface area contributed by atoms with E-state index in [4.69, 9.17) is 0 Å². The van der Waals surface area contributed by atoms with Gasteiger partial charge in [-0.3, -0.25) is 9.80 Å². The Morgan fingerprint density at radius 1 is 0.405 bits per heavy atom. The van der Waals surface area contributed by atoms with E-state index >= 15 is 0 Å². The second-order valence-corrected chi connectivity index (χ2v) is 12.3. The Hall–Kier alpha value is -3.64. The molecule has 0 aliphatic rings. The van der Waals surface area contributed by atoms with Gasteiger partial charge in [-0.25, -0.2) is 0 Å². The first-order chi connectivity index (χ1) is 20.5. The summed E-state index contributed by atoms with van der Waals surface area (Å²) < 4.78 is 0. The molecule has 0 saturated carbocycles. The lowest BCUT2D eigenvalue weighted by molar-refractivity contribution is 0.188. The molecule has 0 fully saturated rings. The molecule has 4 aromatic rings. The van der Waals surface area contributed by atoms with E-state index in [-0.39, 0.29) is 12.1 Å². The molecule has 42 heavy (non-hydrogen) atoms. The highest BCUT2D eigenvalue weighted by Crippen LogP contribution is 2.21. The monoisotopic (exact) mass is 556 g/mol. The van der Waals surface area contributed by atoms with Crippen LogP contribution in [0.5, 0.6) is 0 Å². The van der Waals surface area contributed by atoms with Crippen molar-refractivity contribution in [2.24, 2.45) is 11.8 Å². The van der Waals surface area contributed by atoms with Gasteiger partial charge in [0.05, 0.1) is 12.1 Å². The van der Waals surface area contributed by atoms with Crippen molar-refractivity contribution < 1.29 is 0 Å². The van der Waals surface area contributed by atoms with Crippen molar-refractivity contribution in [3.63, 3.8) is 0 Å². The fourth-order valence-corrected chi connectivity index (χ4v) is 5.51. The molecule has 2 atom stereocenters. The normalized spacial score (nSPS) is 12.9. The van der Waals surface area contributed by atoms with Crippen molar-refractivity contribution in [3.05, 3.63) is 144 Å². The number of nitrogens with zero attached hydrogens (tertiary/aromatic N) is 2. The molecule has 0 radical (unpaired) electrons. The fourth-order valence-electron chi connectivity index (χ4n) is 5.51. The Labute approximate surface area is 255 Å². The molecule has 0 saturated heterocycles. The van der Waals surface area contributed by atoms with E-state index in [1.54, 1.807) is 0 Å². The molecule has 0 aliphatic carbocycles. The molecular formula is C40H48N2. The Kier molecular flexibility index (Phi) is 12.5. The van der Waals surface area contributed by atoms with Gasteiger partial charge in [0.1, 0.15) is 0 Å². The summed E-state index contributed by atoms with van der Waals surface area (Å²) in [6.07, 6.45) is 2.08. The summed E-state index contributed by atoms with van der Waals surface area (Å²) in [7, 11) is 0. The number of benzene rings is 4. The van der Waals surface area contributed by atoms with Gasteiger partial charge >= 0.3 is 0 Å². The number of rotatable bonds is 14. The first kappa shape index (κ1) is 31.3. The highest BCUT2D eigenvalue weighted by Gasteiger charge is 2.22. The molecule has 2 unspecified atom stereocenters. The molecule has 2 nitrogen and oxygen atoms in total. The maximum Gasteiger partial charge on any atom is 0.0723 e. The Bertz CT molecular complexity index is 1150. The number of hydrogen-bond acceptors (Lipinski definition) is 2. The zero-order valence-corrected chi connectivity index (χ0v) is 26.0. The second kappa shape index (κ2) is 16.7. The van der Waals surface area contributed by atoms with Crippen molar-refractivity contribution in [2.75, 3.05) is 0 Å². The van der Waals surface area contributed by atoms with Crippen LogP contribution in [0, 0.1) is 23.7 Å². The van der Waals surface area contributed by atoms with E-state index in [9.17, 15) is 0 Å². The van der Waals surface area contributed by atoms with E-state index in [0.29, 0.717) is 11.8 Å². The van der Waals surface area contributed by atoms with E-state index in [2.05, 4.69) is 171 Å². The van der Waals surface area contributed by atoms with Crippen molar-refractivity contribution >= 4 is 0 Å². The molecule has 4 aromatic carbocycles. The summed E-state index contributed by atoms with van der Waals surface area (Å²) in [5.74, 6) is 8.86. The van der Waals surface area contributed by atoms with Crippen LogP contribution < -0.4 is 0 Å². The predicted molar refractivity (Wildman–Crippen MR) is 179 cm³/mol. The predicted octanol–water partition coefficient (Wildman–Crippen LogP) is 9.22. The third-order valence-corrected chi connectivity index (χ3v) is 7.60. The van der Waals surface area contributed by atoms with Crippen LogP contribution in [0.4, 0.5) is 0 Å². The topological polar surface area (TPSA) is 6.48 Å². The van der Waals surface area contributed by atoms with Gasteiger partial charge in [0.15, 0.2) is 0 Å². The van der Waals surface area contributed by atoms with Gasteiger partial charge in [-0.1, -0.05) is 161 Å². The molecule has 218 valence electrons. The highest BCUT2D eigenvalue weighted by atomic mass is 15.2. The van der Waals surface area contributed by atoms with Gasteiger partial charge in [-0.05, 0) is 46.9 Å². The molecule has 0 aromatic heterocycles. The molecule has 2 heteroatoms. The van der Waals surface area contributed by atoms with E-state index < -0.39 is 0 Å². The maximum atomic E-state index is 3.88. The lowest BCUT2D eigenvalue weighted by atomic mass is 9.98. The zero-order chi connectivity index (χ0) is 29.6. The fraction of sp³-hybridized carbons (Fsp3) is 0.350. The molecule has 0 aliphatic heterocycles. The minimum atomic E-state index is 0.162. The zero-order valence-electron chi connectivity index (χ0n) is 26.0. The first-order valence-electron chi connectivity index (χ1n) is 15.6. The van der Waals surface area contributed by atoms with Gasteiger partial charge in [0.25, 0.3) is 0 Å². The summed E-state index contributed by atoms with van der Waals surface area (Å²) in [6.45, 7) is 12.8. The standard InChI is InChI=1S/C40H48N2/c1-33(2)27-39(41(29-35-17-9-5-10-18-35)30-36-19-11-6-12-20-36)25-26-40(28-34(3)4)42(31-37-21-13-7-14-22-37)32-38-23-15-8-16-24-38/h5-24,33-34,39-40H,27-32H2,1-4H3. The molecule has 4 rings (SSSR count). The van der Waals surface area contributed by atoms with Crippen LogP contribution in [0.3, 0.4) is 0 Å². The lowest BCUT2D eigenvalue weighted by Gasteiger charge is -2.32. The van der Waals surface area contributed by atoms with Crippen LogP contribution in [-0.4, -0.2) is 21.9 Å². The van der Waals surface area contributed by atoms with Gasteiger partial charge in [-0.15, -0.1) is 0 Å². The first-order valence-corrected chi connectivity index (χ1v) is 15.6. The minimum absolute atomic E-state index is 0.162. The molecule has 0 bridgehead atoms. The Morgan fingerprint density at radius 2 is 0.643 bits per heavy atom. The minimum Gasteiger partial charge on any atom is -0.281 e. The SMILES string of the molecule is CC(C)CC(C#CC(CC(C)C)N(Cc1ccccc1)Cc1ccccc1)N(Cc1ccccc1)Cc1ccccc1. The summed E-state index contributed by atoms with van der Waals surface area (Å²) in [4.78, 5) is 5.17. The molecular weight excluding hydrogens is 508 g/mol.